The Balaban J connectivity index is 1.35. The van der Waals surface area contributed by atoms with Crippen molar-refractivity contribution in [2.75, 3.05) is 50.1 Å². The lowest BCUT2D eigenvalue weighted by Gasteiger charge is -2.28. The molecule has 2 amide bonds. The number of pyridine rings is 1. The van der Waals surface area contributed by atoms with E-state index in [1.54, 1.807) is 31.3 Å². The van der Waals surface area contributed by atoms with Crippen molar-refractivity contribution in [3.8, 4) is 0 Å². The molecule has 0 atom stereocenters. The molecule has 0 radical (unpaired) electrons. The van der Waals surface area contributed by atoms with E-state index in [9.17, 15) is 9.59 Å². The summed E-state index contributed by atoms with van der Waals surface area (Å²) in [7, 11) is 1.60. The second-order valence-corrected chi connectivity index (χ2v) is 7.78. The van der Waals surface area contributed by atoms with Crippen molar-refractivity contribution >= 4 is 45.7 Å². The number of nitrogens with one attached hydrogen (secondary N) is 1. The molecule has 7 nitrogen and oxygen atoms in total. The molecule has 0 unspecified atom stereocenters. The molecule has 1 fully saturated rings. The number of anilines is 2. The van der Waals surface area contributed by atoms with Crippen LogP contribution in [0, 0.1) is 0 Å². The number of halogens is 1. The van der Waals surface area contributed by atoms with Gasteiger partial charge in [-0.05, 0) is 54.6 Å². The van der Waals surface area contributed by atoms with Crippen LogP contribution in [0.25, 0.3) is 10.9 Å². The average molecular weight is 439 g/mol. The summed E-state index contributed by atoms with van der Waals surface area (Å²) in [6, 6.07) is 16.4. The minimum atomic E-state index is -0.260. The molecule has 3 aromatic rings. The Morgan fingerprint density at radius 2 is 1.84 bits per heavy atom. The zero-order valence-electron chi connectivity index (χ0n) is 17.2. The lowest BCUT2D eigenvalue weighted by molar-refractivity contribution is -0.116. The normalized spacial score (nSPS) is 13.8. The fraction of sp³-hybridized carbons (Fsp3) is 0.261. The van der Waals surface area contributed by atoms with E-state index in [2.05, 4.69) is 15.2 Å². The number of ether oxygens (including phenoxy) is 1. The van der Waals surface area contributed by atoms with Gasteiger partial charge in [0.1, 0.15) is 5.15 Å². The van der Waals surface area contributed by atoms with Crippen molar-refractivity contribution in [3.63, 3.8) is 0 Å². The number of fused-ring (bicyclic) bond motifs is 1. The summed E-state index contributed by atoms with van der Waals surface area (Å²) < 4.78 is 5.37. The Hall–Kier alpha value is -3.16. The monoisotopic (exact) mass is 438 g/mol. The summed E-state index contributed by atoms with van der Waals surface area (Å²) in [4.78, 5) is 33.0. The number of likely N-dealkylation sites (N-methyl/N-ethyl adjacent to an activating group) is 1. The van der Waals surface area contributed by atoms with E-state index in [4.69, 9.17) is 16.3 Å². The van der Waals surface area contributed by atoms with Gasteiger partial charge in [0.2, 0.25) is 5.91 Å². The number of hydrogen-bond acceptors (Lipinski definition) is 5. The Labute approximate surface area is 185 Å². The third-order valence-corrected chi connectivity index (χ3v) is 5.37. The first-order chi connectivity index (χ1) is 15.0. The molecule has 1 aliphatic rings. The number of aromatic nitrogens is 1. The SMILES string of the molecule is CN(CC(=O)Nc1ccc(N2CCOCC2)cc1)C(=O)c1ccc2nc(Cl)ccc2c1. The zero-order chi connectivity index (χ0) is 21.8. The third kappa shape index (κ3) is 5.13. The predicted molar refractivity (Wildman–Crippen MR) is 122 cm³/mol. The minimum absolute atomic E-state index is 0.0546. The van der Waals surface area contributed by atoms with Crippen molar-refractivity contribution in [2.45, 2.75) is 0 Å². The third-order valence-electron chi connectivity index (χ3n) is 5.16. The largest absolute Gasteiger partial charge is 0.378 e. The summed E-state index contributed by atoms with van der Waals surface area (Å²) in [5.74, 6) is -0.501. The van der Waals surface area contributed by atoms with Gasteiger partial charge in [-0.1, -0.05) is 11.6 Å². The molecule has 1 saturated heterocycles. The molecule has 2 heterocycles. The maximum absolute atomic E-state index is 12.7. The molecule has 1 aliphatic heterocycles. The van der Waals surface area contributed by atoms with Crippen molar-refractivity contribution < 1.29 is 14.3 Å². The zero-order valence-corrected chi connectivity index (χ0v) is 17.9. The number of carbonyl (C=O) groups excluding carboxylic acids is 2. The van der Waals surface area contributed by atoms with Gasteiger partial charge >= 0.3 is 0 Å². The van der Waals surface area contributed by atoms with Crippen molar-refractivity contribution in [3.05, 3.63) is 65.3 Å². The molecular weight excluding hydrogens is 416 g/mol. The number of hydrogen-bond donors (Lipinski definition) is 1. The molecule has 1 aromatic heterocycles. The van der Waals surface area contributed by atoms with E-state index in [0.29, 0.717) is 21.9 Å². The molecule has 0 spiro atoms. The molecule has 4 rings (SSSR count). The fourth-order valence-electron chi connectivity index (χ4n) is 3.52. The van der Waals surface area contributed by atoms with E-state index in [0.717, 1.165) is 37.4 Å². The van der Waals surface area contributed by atoms with E-state index in [1.165, 1.54) is 4.90 Å². The van der Waals surface area contributed by atoms with Gasteiger partial charge in [-0.2, -0.15) is 0 Å². The molecule has 31 heavy (non-hydrogen) atoms. The van der Waals surface area contributed by atoms with Crippen LogP contribution >= 0.6 is 11.6 Å². The second-order valence-electron chi connectivity index (χ2n) is 7.40. The first-order valence-corrected chi connectivity index (χ1v) is 10.4. The average Bonchev–Trinajstić information content (AvgIpc) is 2.79. The van der Waals surface area contributed by atoms with Gasteiger partial charge in [0.25, 0.3) is 5.91 Å². The van der Waals surface area contributed by atoms with E-state index in [1.807, 2.05) is 30.3 Å². The lowest BCUT2D eigenvalue weighted by atomic mass is 10.1. The van der Waals surface area contributed by atoms with E-state index >= 15 is 0 Å². The molecule has 8 heteroatoms. The van der Waals surface area contributed by atoms with Gasteiger partial charge in [0.05, 0.1) is 25.3 Å². The first-order valence-electron chi connectivity index (χ1n) is 10.0. The van der Waals surface area contributed by atoms with Gasteiger partial charge < -0.3 is 19.9 Å². The second kappa shape index (κ2) is 9.32. The van der Waals surface area contributed by atoms with Gasteiger partial charge in [-0.25, -0.2) is 4.98 Å². The van der Waals surface area contributed by atoms with Gasteiger partial charge in [0.15, 0.2) is 0 Å². The maximum Gasteiger partial charge on any atom is 0.254 e. The van der Waals surface area contributed by atoms with E-state index < -0.39 is 0 Å². The maximum atomic E-state index is 12.7. The van der Waals surface area contributed by atoms with E-state index in [-0.39, 0.29) is 18.4 Å². The molecule has 2 aromatic carbocycles. The minimum Gasteiger partial charge on any atom is -0.378 e. The fourth-order valence-corrected chi connectivity index (χ4v) is 3.67. The number of benzene rings is 2. The molecule has 0 saturated carbocycles. The highest BCUT2D eigenvalue weighted by atomic mass is 35.5. The van der Waals surface area contributed by atoms with Crippen LogP contribution in [0.2, 0.25) is 5.15 Å². The topological polar surface area (TPSA) is 74.8 Å². The summed E-state index contributed by atoms with van der Waals surface area (Å²) in [6.45, 7) is 3.11. The highest BCUT2D eigenvalue weighted by Crippen LogP contribution is 2.20. The molecule has 1 N–H and O–H groups in total. The quantitative estimate of drug-likeness (QED) is 0.618. The lowest BCUT2D eigenvalue weighted by Crippen LogP contribution is -2.36. The van der Waals surface area contributed by atoms with Crippen LogP contribution < -0.4 is 10.2 Å². The summed E-state index contributed by atoms with van der Waals surface area (Å²) in [5, 5.41) is 4.06. The summed E-state index contributed by atoms with van der Waals surface area (Å²) in [5.41, 5.74) is 2.99. The van der Waals surface area contributed by atoms with Crippen LogP contribution in [-0.4, -0.2) is 61.6 Å². The van der Waals surface area contributed by atoms with Gasteiger partial charge in [0, 0.05) is 42.5 Å². The van der Waals surface area contributed by atoms with Crippen LogP contribution in [0.3, 0.4) is 0 Å². The Bertz CT molecular complexity index is 1100. The highest BCUT2D eigenvalue weighted by molar-refractivity contribution is 6.29. The number of amides is 2. The molecular formula is C23H23ClN4O3. The number of carbonyl (C=O) groups is 2. The van der Waals surface area contributed by atoms with Crippen molar-refractivity contribution in [2.24, 2.45) is 0 Å². The molecule has 0 bridgehead atoms. The highest BCUT2D eigenvalue weighted by Gasteiger charge is 2.16. The van der Waals surface area contributed by atoms with Crippen LogP contribution in [-0.2, 0) is 9.53 Å². The smallest absolute Gasteiger partial charge is 0.254 e. The summed E-state index contributed by atoms with van der Waals surface area (Å²) in [6.07, 6.45) is 0. The summed E-state index contributed by atoms with van der Waals surface area (Å²) >= 11 is 5.91. The first kappa shape index (κ1) is 21.1. The van der Waals surface area contributed by atoms with Crippen LogP contribution in [0.15, 0.2) is 54.6 Å². The molecule has 0 aliphatic carbocycles. The molecule has 160 valence electrons. The number of nitrogens with zero attached hydrogens (tertiary/aromatic N) is 3. The van der Waals surface area contributed by atoms with Crippen LogP contribution in [0.1, 0.15) is 10.4 Å². The van der Waals surface area contributed by atoms with Crippen molar-refractivity contribution in [1.82, 2.24) is 9.88 Å². The van der Waals surface area contributed by atoms with Crippen molar-refractivity contribution in [1.29, 1.82) is 0 Å². The van der Waals surface area contributed by atoms with Crippen LogP contribution in [0.5, 0.6) is 0 Å². The Morgan fingerprint density at radius 1 is 1.10 bits per heavy atom. The van der Waals surface area contributed by atoms with Gasteiger partial charge in [-0.15, -0.1) is 0 Å². The predicted octanol–water partition coefficient (Wildman–Crippen LogP) is 3.44. The van der Waals surface area contributed by atoms with Gasteiger partial charge in [-0.3, -0.25) is 9.59 Å². The Morgan fingerprint density at radius 3 is 2.58 bits per heavy atom. The number of rotatable bonds is 5. The standard InChI is InChI=1S/C23H23ClN4O3/c1-27(23(30)17-2-8-20-16(14-17)3-9-21(24)26-20)15-22(29)25-18-4-6-19(7-5-18)28-10-12-31-13-11-28/h2-9,14H,10-13,15H2,1H3,(H,25,29). The Kier molecular flexibility index (Phi) is 6.34. The number of morpholine rings is 1. The van der Waals surface area contributed by atoms with Crippen LogP contribution in [0.4, 0.5) is 11.4 Å².